The molecular formula is C27H30FN3O4S. The Kier molecular flexibility index (Phi) is 8.82. The molecule has 0 aliphatic heterocycles. The first-order valence-corrected chi connectivity index (χ1v) is 13.0. The highest BCUT2D eigenvalue weighted by molar-refractivity contribution is 7.92. The predicted octanol–water partition coefficient (Wildman–Crippen LogP) is 3.88. The molecule has 190 valence electrons. The van der Waals surface area contributed by atoms with Crippen molar-refractivity contribution in [3.05, 3.63) is 95.8 Å². The molecule has 0 bridgehead atoms. The maximum atomic E-state index is 13.7. The maximum Gasteiger partial charge on any atom is 0.264 e. The number of carbonyl (C=O) groups excluding carboxylic acids is 2. The Balaban J connectivity index is 2.04. The highest BCUT2D eigenvalue weighted by Crippen LogP contribution is 2.25. The molecule has 36 heavy (non-hydrogen) atoms. The Hall–Kier alpha value is -3.72. The summed E-state index contributed by atoms with van der Waals surface area (Å²) in [6, 6.07) is 19.3. The maximum absolute atomic E-state index is 13.7. The van der Waals surface area contributed by atoms with Gasteiger partial charge in [-0.3, -0.25) is 13.9 Å². The third kappa shape index (κ3) is 6.28. The van der Waals surface area contributed by atoms with Crippen LogP contribution in [0.15, 0.2) is 83.8 Å². The van der Waals surface area contributed by atoms with Gasteiger partial charge in [-0.25, -0.2) is 12.8 Å². The van der Waals surface area contributed by atoms with E-state index >= 15 is 0 Å². The minimum Gasteiger partial charge on any atom is -0.357 e. The Morgan fingerprint density at radius 2 is 1.64 bits per heavy atom. The number of nitrogens with zero attached hydrogens (tertiary/aromatic N) is 2. The molecule has 0 spiro atoms. The Morgan fingerprint density at radius 3 is 2.22 bits per heavy atom. The minimum absolute atomic E-state index is 0.00861. The van der Waals surface area contributed by atoms with Gasteiger partial charge in [0.2, 0.25) is 11.8 Å². The number of anilines is 1. The molecule has 9 heteroatoms. The van der Waals surface area contributed by atoms with Gasteiger partial charge < -0.3 is 10.2 Å². The van der Waals surface area contributed by atoms with Crippen molar-refractivity contribution >= 4 is 27.5 Å². The van der Waals surface area contributed by atoms with Gasteiger partial charge in [0.15, 0.2) is 0 Å². The third-order valence-electron chi connectivity index (χ3n) is 5.79. The first kappa shape index (κ1) is 26.9. The van der Waals surface area contributed by atoms with Crippen LogP contribution in [0.2, 0.25) is 0 Å². The number of benzene rings is 3. The first-order chi connectivity index (χ1) is 17.2. The number of carbonyl (C=O) groups is 2. The van der Waals surface area contributed by atoms with Gasteiger partial charge in [0, 0.05) is 13.6 Å². The zero-order chi connectivity index (χ0) is 26.3. The fraction of sp³-hybridized carbons (Fsp3) is 0.259. The Morgan fingerprint density at radius 1 is 0.972 bits per heavy atom. The summed E-state index contributed by atoms with van der Waals surface area (Å²) in [7, 11) is -2.68. The van der Waals surface area contributed by atoms with Gasteiger partial charge in [0.05, 0.1) is 10.6 Å². The van der Waals surface area contributed by atoms with Gasteiger partial charge in [-0.05, 0) is 55.3 Å². The van der Waals surface area contributed by atoms with Gasteiger partial charge in [0.25, 0.3) is 10.0 Å². The monoisotopic (exact) mass is 511 g/mol. The average molecular weight is 512 g/mol. The molecule has 0 saturated heterocycles. The predicted molar refractivity (Wildman–Crippen MR) is 137 cm³/mol. The third-order valence-corrected chi connectivity index (χ3v) is 7.58. The summed E-state index contributed by atoms with van der Waals surface area (Å²) in [5, 5.41) is 2.59. The molecule has 3 rings (SSSR count). The SMILES string of the molecule is CC[C@@H](C(=O)NC)N(Cc1cccc(C)c1)C(=O)CN(c1ccc(F)cc1)S(=O)(=O)c1ccccc1. The summed E-state index contributed by atoms with van der Waals surface area (Å²) >= 11 is 0. The highest BCUT2D eigenvalue weighted by Gasteiger charge is 2.33. The van der Waals surface area contributed by atoms with E-state index in [2.05, 4.69) is 5.32 Å². The van der Waals surface area contributed by atoms with Gasteiger partial charge in [0.1, 0.15) is 18.4 Å². The quantitative estimate of drug-likeness (QED) is 0.448. The summed E-state index contributed by atoms with van der Waals surface area (Å²) < 4.78 is 41.8. The topological polar surface area (TPSA) is 86.8 Å². The molecule has 0 saturated carbocycles. The lowest BCUT2D eigenvalue weighted by Gasteiger charge is -2.33. The fourth-order valence-corrected chi connectivity index (χ4v) is 5.38. The van der Waals surface area contributed by atoms with E-state index in [1.54, 1.807) is 25.1 Å². The lowest BCUT2D eigenvalue weighted by atomic mass is 10.1. The molecule has 7 nitrogen and oxygen atoms in total. The number of hydrogen-bond donors (Lipinski definition) is 1. The minimum atomic E-state index is -4.17. The normalized spacial score (nSPS) is 12.0. The summed E-state index contributed by atoms with van der Waals surface area (Å²) in [4.78, 5) is 27.8. The molecule has 0 radical (unpaired) electrons. The van der Waals surface area contributed by atoms with Gasteiger partial charge >= 0.3 is 0 Å². The van der Waals surface area contributed by atoms with E-state index in [-0.39, 0.29) is 23.0 Å². The summed E-state index contributed by atoms with van der Waals surface area (Å²) in [6.45, 7) is 3.26. The number of halogens is 1. The van der Waals surface area contributed by atoms with Crippen LogP contribution < -0.4 is 9.62 Å². The second-order valence-corrected chi connectivity index (χ2v) is 10.2. The molecule has 1 atom stereocenters. The standard InChI is InChI=1S/C27H30FN3O4S/c1-4-25(27(33)29-3)30(18-21-10-8-9-20(2)17-21)26(32)19-31(23-15-13-22(28)14-16-23)36(34,35)24-11-6-5-7-12-24/h5-17,25H,4,18-19H2,1-3H3,(H,29,33)/t25-/m0/s1. The lowest BCUT2D eigenvalue weighted by Crippen LogP contribution is -2.51. The Bertz CT molecular complexity index is 1300. The number of hydrogen-bond acceptors (Lipinski definition) is 4. The van der Waals surface area contributed by atoms with Crippen LogP contribution in [0.5, 0.6) is 0 Å². The molecule has 1 N–H and O–H groups in total. The molecule has 0 aliphatic rings. The van der Waals surface area contributed by atoms with E-state index in [9.17, 15) is 22.4 Å². The summed E-state index contributed by atoms with van der Waals surface area (Å²) in [5.41, 5.74) is 1.94. The van der Waals surface area contributed by atoms with Crippen LogP contribution in [0.4, 0.5) is 10.1 Å². The smallest absolute Gasteiger partial charge is 0.264 e. The largest absolute Gasteiger partial charge is 0.357 e. The number of nitrogens with one attached hydrogen (secondary N) is 1. The highest BCUT2D eigenvalue weighted by atomic mass is 32.2. The van der Waals surface area contributed by atoms with Crippen molar-refractivity contribution in [3.8, 4) is 0 Å². The van der Waals surface area contributed by atoms with Crippen molar-refractivity contribution in [1.29, 1.82) is 0 Å². The average Bonchev–Trinajstić information content (AvgIpc) is 2.88. The zero-order valence-electron chi connectivity index (χ0n) is 20.5. The number of amides is 2. The first-order valence-electron chi connectivity index (χ1n) is 11.6. The number of aryl methyl sites for hydroxylation is 1. The lowest BCUT2D eigenvalue weighted by molar-refractivity contribution is -0.140. The van der Waals surface area contributed by atoms with Crippen LogP contribution in [0, 0.1) is 12.7 Å². The van der Waals surface area contributed by atoms with Crippen molar-refractivity contribution < 1.29 is 22.4 Å². The fourth-order valence-electron chi connectivity index (χ4n) is 3.95. The molecule has 0 aliphatic carbocycles. The van der Waals surface area contributed by atoms with E-state index in [1.165, 1.54) is 36.2 Å². The molecule has 0 fully saturated rings. The van der Waals surface area contributed by atoms with Crippen molar-refractivity contribution in [2.24, 2.45) is 0 Å². The van der Waals surface area contributed by atoms with Crippen LogP contribution in [0.3, 0.4) is 0 Å². The molecule has 3 aromatic rings. The van der Waals surface area contributed by atoms with Gasteiger partial charge in [-0.2, -0.15) is 0 Å². The van der Waals surface area contributed by atoms with Crippen molar-refractivity contribution in [1.82, 2.24) is 10.2 Å². The van der Waals surface area contributed by atoms with E-state index in [1.807, 2.05) is 31.2 Å². The molecule has 0 heterocycles. The van der Waals surface area contributed by atoms with Crippen LogP contribution >= 0.6 is 0 Å². The Labute approximate surface area is 211 Å². The van der Waals surface area contributed by atoms with Crippen LogP contribution in [0.1, 0.15) is 24.5 Å². The number of likely N-dealkylation sites (N-methyl/N-ethyl adjacent to an activating group) is 1. The van der Waals surface area contributed by atoms with E-state index in [0.717, 1.165) is 27.6 Å². The van der Waals surface area contributed by atoms with Crippen molar-refractivity contribution in [2.45, 2.75) is 37.8 Å². The van der Waals surface area contributed by atoms with E-state index in [0.29, 0.717) is 6.42 Å². The van der Waals surface area contributed by atoms with Crippen LogP contribution in [-0.2, 0) is 26.2 Å². The molecule has 0 unspecified atom stereocenters. The van der Waals surface area contributed by atoms with E-state index in [4.69, 9.17) is 0 Å². The van der Waals surface area contributed by atoms with Crippen molar-refractivity contribution in [3.63, 3.8) is 0 Å². The molecule has 3 aromatic carbocycles. The number of sulfonamides is 1. The summed E-state index contributed by atoms with van der Waals surface area (Å²) in [5.74, 6) is -1.44. The molecular weight excluding hydrogens is 481 g/mol. The second kappa shape index (κ2) is 11.8. The van der Waals surface area contributed by atoms with Crippen LogP contribution in [-0.4, -0.2) is 44.8 Å². The number of rotatable bonds is 10. The molecule has 2 amide bonds. The van der Waals surface area contributed by atoms with Gasteiger partial charge in [-0.15, -0.1) is 0 Å². The van der Waals surface area contributed by atoms with Gasteiger partial charge in [-0.1, -0.05) is 55.0 Å². The van der Waals surface area contributed by atoms with Crippen LogP contribution in [0.25, 0.3) is 0 Å². The second-order valence-electron chi connectivity index (χ2n) is 8.35. The zero-order valence-corrected chi connectivity index (χ0v) is 21.3. The summed E-state index contributed by atoms with van der Waals surface area (Å²) in [6.07, 6.45) is 0.333. The molecule has 0 aromatic heterocycles. The van der Waals surface area contributed by atoms with Crippen molar-refractivity contribution in [2.75, 3.05) is 17.9 Å². The van der Waals surface area contributed by atoms with E-state index < -0.39 is 34.3 Å².